The number of hydrogen-bond donors (Lipinski definition) is 2. The molecule has 17 heavy (non-hydrogen) atoms. The normalized spacial score (nSPS) is 16.1. The van der Waals surface area contributed by atoms with Gasteiger partial charge in [-0.3, -0.25) is 4.99 Å². The molecule has 1 fully saturated rings. The molecule has 0 amide bonds. The fraction of sp³-hybridized carbons (Fsp3) is 0.667. The van der Waals surface area contributed by atoms with E-state index in [0.29, 0.717) is 6.54 Å². The van der Waals surface area contributed by atoms with E-state index in [9.17, 15) is 0 Å². The smallest absolute Gasteiger partial charge is 0.191 e. The fourth-order valence-electron chi connectivity index (χ4n) is 1.71. The van der Waals surface area contributed by atoms with Crippen LogP contribution in [-0.2, 0) is 6.54 Å². The molecule has 0 saturated heterocycles. The first-order valence-electron chi connectivity index (χ1n) is 6.07. The number of guanidine groups is 1. The predicted molar refractivity (Wildman–Crippen MR) is 66.9 cm³/mol. The Bertz CT molecular complexity index is 387. The van der Waals surface area contributed by atoms with Crippen LogP contribution in [0.3, 0.4) is 0 Å². The third-order valence-corrected chi connectivity index (χ3v) is 3.09. The largest absolute Gasteiger partial charge is 0.361 e. The molecule has 94 valence electrons. The zero-order valence-corrected chi connectivity index (χ0v) is 10.7. The minimum Gasteiger partial charge on any atom is -0.361 e. The molecule has 0 aromatic carbocycles. The predicted octanol–water partition coefficient (Wildman–Crippen LogP) is 1.37. The average molecular weight is 236 g/mol. The highest BCUT2D eigenvalue weighted by Gasteiger charge is 2.21. The molecule has 5 nitrogen and oxygen atoms in total. The van der Waals surface area contributed by atoms with Crippen LogP contribution in [0.25, 0.3) is 0 Å². The van der Waals surface area contributed by atoms with Gasteiger partial charge in [0.25, 0.3) is 0 Å². The summed E-state index contributed by atoms with van der Waals surface area (Å²) in [4.78, 5) is 4.19. The monoisotopic (exact) mass is 236 g/mol. The third kappa shape index (κ3) is 3.22. The van der Waals surface area contributed by atoms with E-state index in [-0.39, 0.29) is 0 Å². The Morgan fingerprint density at radius 2 is 2.18 bits per heavy atom. The van der Waals surface area contributed by atoms with Gasteiger partial charge in [-0.25, -0.2) is 0 Å². The first-order valence-corrected chi connectivity index (χ1v) is 6.07. The molecular weight excluding hydrogens is 216 g/mol. The highest BCUT2D eigenvalue weighted by Crippen LogP contribution is 2.27. The van der Waals surface area contributed by atoms with Gasteiger partial charge in [-0.05, 0) is 32.6 Å². The summed E-state index contributed by atoms with van der Waals surface area (Å²) in [6.45, 7) is 5.60. The molecule has 0 aliphatic heterocycles. The van der Waals surface area contributed by atoms with Crippen molar-refractivity contribution in [3.05, 3.63) is 17.0 Å². The third-order valence-electron chi connectivity index (χ3n) is 3.09. The molecule has 0 spiro atoms. The van der Waals surface area contributed by atoms with Gasteiger partial charge in [0.15, 0.2) is 5.96 Å². The van der Waals surface area contributed by atoms with Crippen molar-refractivity contribution in [1.82, 2.24) is 15.8 Å². The first kappa shape index (κ1) is 12.0. The van der Waals surface area contributed by atoms with Crippen molar-refractivity contribution >= 4 is 5.96 Å². The zero-order chi connectivity index (χ0) is 12.3. The lowest BCUT2D eigenvalue weighted by Gasteiger charge is -2.11. The summed E-state index contributed by atoms with van der Waals surface area (Å²) in [5, 5.41) is 10.5. The molecule has 5 heteroatoms. The van der Waals surface area contributed by atoms with E-state index in [0.717, 1.165) is 35.4 Å². The second-order valence-electron chi connectivity index (χ2n) is 4.55. The van der Waals surface area contributed by atoms with Crippen LogP contribution < -0.4 is 10.6 Å². The van der Waals surface area contributed by atoms with Gasteiger partial charge in [0, 0.05) is 25.7 Å². The summed E-state index contributed by atoms with van der Waals surface area (Å²) in [7, 11) is 1.79. The van der Waals surface area contributed by atoms with E-state index in [1.54, 1.807) is 7.05 Å². The van der Waals surface area contributed by atoms with Gasteiger partial charge in [0.05, 0.1) is 5.69 Å². The molecule has 0 radical (unpaired) electrons. The van der Waals surface area contributed by atoms with Gasteiger partial charge in [-0.1, -0.05) is 5.16 Å². The number of hydrogen-bond acceptors (Lipinski definition) is 3. The number of nitrogens with one attached hydrogen (secondary N) is 2. The van der Waals surface area contributed by atoms with E-state index in [2.05, 4.69) is 20.8 Å². The Labute approximate surface area is 102 Å². The summed E-state index contributed by atoms with van der Waals surface area (Å²) in [6.07, 6.45) is 2.68. The quantitative estimate of drug-likeness (QED) is 0.612. The summed E-state index contributed by atoms with van der Waals surface area (Å²) < 4.78 is 5.12. The Hall–Kier alpha value is -1.52. The van der Waals surface area contributed by atoms with Crippen molar-refractivity contribution < 1.29 is 4.52 Å². The van der Waals surface area contributed by atoms with Crippen LogP contribution >= 0.6 is 0 Å². The van der Waals surface area contributed by atoms with Crippen LogP contribution in [0.1, 0.15) is 29.9 Å². The number of nitrogens with zero attached hydrogens (tertiary/aromatic N) is 2. The van der Waals surface area contributed by atoms with Crippen molar-refractivity contribution in [2.75, 3.05) is 13.6 Å². The van der Waals surface area contributed by atoms with Gasteiger partial charge in [-0.2, -0.15) is 0 Å². The van der Waals surface area contributed by atoms with Gasteiger partial charge >= 0.3 is 0 Å². The molecule has 1 aromatic rings. The van der Waals surface area contributed by atoms with Crippen LogP contribution in [0.4, 0.5) is 0 Å². The Balaban J connectivity index is 1.82. The van der Waals surface area contributed by atoms with Crippen molar-refractivity contribution in [2.24, 2.45) is 10.9 Å². The molecule has 1 heterocycles. The Morgan fingerprint density at radius 3 is 2.71 bits per heavy atom. The van der Waals surface area contributed by atoms with Gasteiger partial charge in [0.2, 0.25) is 0 Å². The van der Waals surface area contributed by atoms with Crippen LogP contribution in [0.2, 0.25) is 0 Å². The summed E-state index contributed by atoms with van der Waals surface area (Å²) in [5.41, 5.74) is 2.05. The number of aryl methyl sites for hydroxylation is 2. The molecule has 0 atom stereocenters. The maximum absolute atomic E-state index is 5.12. The summed E-state index contributed by atoms with van der Waals surface area (Å²) in [5.74, 6) is 2.55. The summed E-state index contributed by atoms with van der Waals surface area (Å²) >= 11 is 0. The maximum atomic E-state index is 5.12. The number of aromatic nitrogens is 1. The van der Waals surface area contributed by atoms with Crippen LogP contribution in [0.5, 0.6) is 0 Å². The molecule has 1 saturated carbocycles. The minimum atomic E-state index is 0.700. The second kappa shape index (κ2) is 5.21. The molecule has 1 aromatic heterocycles. The average Bonchev–Trinajstić information content (AvgIpc) is 3.09. The maximum Gasteiger partial charge on any atom is 0.191 e. The molecule has 1 aliphatic rings. The number of rotatable bonds is 4. The van der Waals surface area contributed by atoms with E-state index >= 15 is 0 Å². The number of aliphatic imine (C=N–C) groups is 1. The lowest BCUT2D eigenvalue weighted by atomic mass is 10.2. The topological polar surface area (TPSA) is 62.5 Å². The van der Waals surface area contributed by atoms with Gasteiger partial charge in [0.1, 0.15) is 5.76 Å². The SMILES string of the molecule is CN=C(NCc1c(C)noc1C)NCC1CC1. The van der Waals surface area contributed by atoms with E-state index in [4.69, 9.17) is 4.52 Å². The Morgan fingerprint density at radius 1 is 1.41 bits per heavy atom. The molecule has 0 bridgehead atoms. The van der Waals surface area contributed by atoms with Crippen molar-refractivity contribution in [3.63, 3.8) is 0 Å². The standard InChI is InChI=1S/C12H20N4O/c1-8-11(9(2)17-16-8)7-15-12(13-3)14-6-10-4-5-10/h10H,4-7H2,1-3H3,(H2,13,14,15). The Kier molecular flexibility index (Phi) is 3.66. The zero-order valence-electron chi connectivity index (χ0n) is 10.7. The summed E-state index contributed by atoms with van der Waals surface area (Å²) in [6, 6.07) is 0. The lowest BCUT2D eigenvalue weighted by molar-refractivity contribution is 0.392. The molecule has 0 unspecified atom stereocenters. The fourth-order valence-corrected chi connectivity index (χ4v) is 1.71. The van der Waals surface area contributed by atoms with Crippen LogP contribution in [0, 0.1) is 19.8 Å². The van der Waals surface area contributed by atoms with E-state index in [1.807, 2.05) is 13.8 Å². The van der Waals surface area contributed by atoms with Crippen molar-refractivity contribution in [1.29, 1.82) is 0 Å². The van der Waals surface area contributed by atoms with Gasteiger partial charge < -0.3 is 15.2 Å². The van der Waals surface area contributed by atoms with Crippen LogP contribution in [0.15, 0.2) is 9.52 Å². The van der Waals surface area contributed by atoms with Crippen molar-refractivity contribution in [3.8, 4) is 0 Å². The second-order valence-corrected chi connectivity index (χ2v) is 4.55. The molecule has 2 N–H and O–H groups in total. The van der Waals surface area contributed by atoms with E-state index in [1.165, 1.54) is 12.8 Å². The first-order chi connectivity index (χ1) is 8.20. The van der Waals surface area contributed by atoms with E-state index < -0.39 is 0 Å². The van der Waals surface area contributed by atoms with Crippen molar-refractivity contribution in [2.45, 2.75) is 33.2 Å². The highest BCUT2D eigenvalue weighted by atomic mass is 16.5. The van der Waals surface area contributed by atoms with Gasteiger partial charge in [-0.15, -0.1) is 0 Å². The molecule has 2 rings (SSSR count). The molecule has 1 aliphatic carbocycles. The molecular formula is C12H20N4O. The minimum absolute atomic E-state index is 0.700. The van der Waals surface area contributed by atoms with Crippen LogP contribution in [-0.4, -0.2) is 24.7 Å². The lowest BCUT2D eigenvalue weighted by Crippen LogP contribution is -2.38. The highest BCUT2D eigenvalue weighted by molar-refractivity contribution is 5.79.